The second-order valence-corrected chi connectivity index (χ2v) is 4.18. The number of carbonyl (C=O) groups is 1. The highest BCUT2D eigenvalue weighted by atomic mass is 19.3. The van der Waals surface area contributed by atoms with Gasteiger partial charge in [0.2, 0.25) is 0 Å². The lowest BCUT2D eigenvalue weighted by atomic mass is 9.86. The van der Waals surface area contributed by atoms with Gasteiger partial charge in [-0.1, -0.05) is 24.3 Å². The molecule has 3 nitrogen and oxygen atoms in total. The lowest BCUT2D eigenvalue weighted by molar-refractivity contribution is -0.212. The zero-order valence-electron chi connectivity index (χ0n) is 10.5. The summed E-state index contributed by atoms with van der Waals surface area (Å²) in [6, 6.07) is 6.14. The maximum Gasteiger partial charge on any atom is 0.380 e. The third-order valence-corrected chi connectivity index (χ3v) is 2.81. The summed E-state index contributed by atoms with van der Waals surface area (Å²) < 4.78 is 32.2. The van der Waals surface area contributed by atoms with Crippen LogP contribution in [0.4, 0.5) is 8.78 Å². The first-order chi connectivity index (χ1) is 8.25. The summed E-state index contributed by atoms with van der Waals surface area (Å²) in [6.07, 6.45) is 0. The van der Waals surface area contributed by atoms with Crippen LogP contribution in [0.5, 0.6) is 0 Å². The lowest BCUT2D eigenvalue weighted by Crippen LogP contribution is -2.50. The summed E-state index contributed by atoms with van der Waals surface area (Å²) >= 11 is 0. The zero-order valence-corrected chi connectivity index (χ0v) is 10.5. The molecule has 18 heavy (non-hydrogen) atoms. The Balaban J connectivity index is 3.20. The van der Waals surface area contributed by atoms with Crippen LogP contribution >= 0.6 is 0 Å². The van der Waals surface area contributed by atoms with E-state index < -0.39 is 17.5 Å². The van der Waals surface area contributed by atoms with Gasteiger partial charge in [-0.05, 0) is 31.9 Å². The molecule has 0 aliphatic heterocycles. The first kappa shape index (κ1) is 14.6. The zero-order chi connectivity index (χ0) is 14.0. The minimum absolute atomic E-state index is 0.00283. The van der Waals surface area contributed by atoms with Crippen molar-refractivity contribution in [1.29, 1.82) is 0 Å². The molecule has 5 heteroatoms. The molecule has 0 aromatic heterocycles. The Morgan fingerprint density at radius 2 is 1.94 bits per heavy atom. The van der Waals surface area contributed by atoms with Crippen molar-refractivity contribution < 1.29 is 23.4 Å². The molecular weight excluding hydrogens is 242 g/mol. The van der Waals surface area contributed by atoms with Gasteiger partial charge in [0.05, 0.1) is 6.61 Å². The smallest absolute Gasteiger partial charge is 0.380 e. The number of hydrogen-bond acceptors (Lipinski definition) is 3. The Labute approximate surface area is 104 Å². The van der Waals surface area contributed by atoms with E-state index in [1.807, 2.05) is 0 Å². The molecule has 0 bridgehead atoms. The van der Waals surface area contributed by atoms with Crippen molar-refractivity contribution in [1.82, 2.24) is 0 Å². The molecule has 0 radical (unpaired) electrons. The molecule has 0 heterocycles. The van der Waals surface area contributed by atoms with E-state index in [1.54, 1.807) is 19.1 Å². The third kappa shape index (κ3) is 2.36. The van der Waals surface area contributed by atoms with Crippen molar-refractivity contribution in [2.24, 2.45) is 0 Å². The van der Waals surface area contributed by atoms with Crippen molar-refractivity contribution >= 4 is 5.97 Å². The van der Waals surface area contributed by atoms with Crippen LogP contribution in [0.3, 0.4) is 0 Å². The Bertz CT molecular complexity index is 442. The van der Waals surface area contributed by atoms with E-state index in [0.717, 1.165) is 6.92 Å². The van der Waals surface area contributed by atoms with Crippen molar-refractivity contribution in [2.45, 2.75) is 32.3 Å². The number of esters is 1. The van der Waals surface area contributed by atoms with Crippen LogP contribution in [0.15, 0.2) is 24.3 Å². The fourth-order valence-corrected chi connectivity index (χ4v) is 1.71. The molecule has 1 unspecified atom stereocenters. The van der Waals surface area contributed by atoms with Crippen LogP contribution in [0, 0.1) is 6.92 Å². The van der Waals surface area contributed by atoms with Crippen LogP contribution < -0.4 is 0 Å². The molecule has 0 aliphatic rings. The van der Waals surface area contributed by atoms with Gasteiger partial charge < -0.3 is 9.84 Å². The first-order valence-corrected chi connectivity index (χ1v) is 5.58. The topological polar surface area (TPSA) is 46.5 Å². The molecule has 0 amide bonds. The van der Waals surface area contributed by atoms with Gasteiger partial charge in [-0.25, -0.2) is 4.79 Å². The molecule has 1 rings (SSSR count). The molecule has 1 N–H and O–H groups in total. The Morgan fingerprint density at radius 3 is 2.44 bits per heavy atom. The van der Waals surface area contributed by atoms with Crippen molar-refractivity contribution in [3.63, 3.8) is 0 Å². The molecule has 100 valence electrons. The number of ether oxygens (including phenoxy) is 1. The van der Waals surface area contributed by atoms with E-state index in [2.05, 4.69) is 4.74 Å². The molecule has 0 saturated heterocycles. The number of rotatable bonds is 4. The van der Waals surface area contributed by atoms with Crippen LogP contribution in [0.2, 0.25) is 0 Å². The maximum atomic E-state index is 13.9. The number of carbonyl (C=O) groups excluding carboxylic acids is 1. The van der Waals surface area contributed by atoms with Gasteiger partial charge in [-0.2, -0.15) is 8.78 Å². The molecule has 1 aromatic rings. The normalized spacial score (nSPS) is 15.0. The predicted molar refractivity (Wildman–Crippen MR) is 62.3 cm³/mol. The van der Waals surface area contributed by atoms with Gasteiger partial charge in [0.1, 0.15) is 0 Å². The molecule has 0 aliphatic carbocycles. The standard InChI is InChI=1S/C13H16F2O3/c1-4-18-11(16)13(14,15)12(3,17)10-8-6-5-7-9(10)2/h5-8,17H,4H2,1-3H3. The molecule has 1 aromatic carbocycles. The first-order valence-electron chi connectivity index (χ1n) is 5.58. The van der Waals surface area contributed by atoms with Gasteiger partial charge >= 0.3 is 11.9 Å². The van der Waals surface area contributed by atoms with Crippen LogP contribution in [-0.2, 0) is 15.1 Å². The summed E-state index contributed by atoms with van der Waals surface area (Å²) in [5, 5.41) is 10.0. The monoisotopic (exact) mass is 258 g/mol. The number of aryl methyl sites for hydroxylation is 1. The van der Waals surface area contributed by atoms with Gasteiger partial charge in [0.25, 0.3) is 0 Å². The Kier molecular flexibility index (Phi) is 4.06. The van der Waals surface area contributed by atoms with Gasteiger partial charge in [0.15, 0.2) is 5.60 Å². The van der Waals surface area contributed by atoms with Crippen molar-refractivity contribution in [2.75, 3.05) is 6.61 Å². The SMILES string of the molecule is CCOC(=O)C(F)(F)C(C)(O)c1ccccc1C. The van der Waals surface area contributed by atoms with E-state index >= 15 is 0 Å². The fraction of sp³-hybridized carbons (Fsp3) is 0.462. The lowest BCUT2D eigenvalue weighted by Gasteiger charge is -2.32. The summed E-state index contributed by atoms with van der Waals surface area (Å²) in [5.74, 6) is -5.73. The third-order valence-electron chi connectivity index (χ3n) is 2.81. The van der Waals surface area contributed by atoms with E-state index in [0.29, 0.717) is 5.56 Å². The Hall–Kier alpha value is -1.49. The minimum Gasteiger partial charge on any atom is -0.461 e. The summed E-state index contributed by atoms with van der Waals surface area (Å²) in [5.41, 5.74) is -2.13. The van der Waals surface area contributed by atoms with Gasteiger partial charge in [-0.15, -0.1) is 0 Å². The second-order valence-electron chi connectivity index (χ2n) is 4.18. The number of benzene rings is 1. The second kappa shape index (κ2) is 5.02. The summed E-state index contributed by atoms with van der Waals surface area (Å²) in [7, 11) is 0. The van der Waals surface area contributed by atoms with Crippen LogP contribution in [0.25, 0.3) is 0 Å². The van der Waals surface area contributed by atoms with E-state index in [-0.39, 0.29) is 12.2 Å². The molecule has 0 saturated carbocycles. The number of halogens is 2. The Morgan fingerprint density at radius 1 is 1.39 bits per heavy atom. The average Bonchev–Trinajstić information content (AvgIpc) is 2.29. The average molecular weight is 258 g/mol. The predicted octanol–water partition coefficient (Wildman–Crippen LogP) is 2.40. The van der Waals surface area contributed by atoms with E-state index in [9.17, 15) is 18.7 Å². The summed E-state index contributed by atoms with van der Waals surface area (Å²) in [4.78, 5) is 11.3. The molecular formula is C13H16F2O3. The minimum atomic E-state index is -4.00. The molecule has 0 fully saturated rings. The largest absolute Gasteiger partial charge is 0.461 e. The van der Waals surface area contributed by atoms with Crippen LogP contribution in [0.1, 0.15) is 25.0 Å². The molecule has 0 spiro atoms. The van der Waals surface area contributed by atoms with Crippen molar-refractivity contribution in [3.8, 4) is 0 Å². The van der Waals surface area contributed by atoms with E-state index in [4.69, 9.17) is 0 Å². The number of aliphatic hydroxyl groups is 1. The van der Waals surface area contributed by atoms with Gasteiger partial charge in [-0.3, -0.25) is 0 Å². The quantitative estimate of drug-likeness (QED) is 0.843. The fourth-order valence-electron chi connectivity index (χ4n) is 1.71. The number of hydrogen-bond donors (Lipinski definition) is 1. The van der Waals surface area contributed by atoms with Crippen LogP contribution in [-0.4, -0.2) is 23.6 Å². The summed E-state index contributed by atoms with van der Waals surface area (Å²) in [6.45, 7) is 3.76. The highest BCUT2D eigenvalue weighted by molar-refractivity contribution is 5.79. The number of alkyl halides is 2. The highest BCUT2D eigenvalue weighted by Crippen LogP contribution is 2.39. The van der Waals surface area contributed by atoms with E-state index in [1.165, 1.54) is 19.1 Å². The highest BCUT2D eigenvalue weighted by Gasteiger charge is 2.58. The van der Waals surface area contributed by atoms with Crippen molar-refractivity contribution in [3.05, 3.63) is 35.4 Å². The maximum absolute atomic E-state index is 13.9. The molecule has 1 atom stereocenters. The van der Waals surface area contributed by atoms with Gasteiger partial charge in [0, 0.05) is 0 Å².